The number of aryl methyl sites for hydroxylation is 2. The van der Waals surface area contributed by atoms with E-state index in [1.165, 1.54) is 36.4 Å². The number of hydrogen-bond donors (Lipinski definition) is 1. The van der Waals surface area contributed by atoms with Crippen molar-refractivity contribution in [2.24, 2.45) is 0 Å². The molecule has 1 aliphatic heterocycles. The molecule has 0 atom stereocenters. The summed E-state index contributed by atoms with van der Waals surface area (Å²) >= 11 is 1.72. The molecular formula is C21H26N3O2S+. The maximum absolute atomic E-state index is 6.21. The average Bonchev–Trinajstić information content (AvgIpc) is 3.25. The van der Waals surface area contributed by atoms with E-state index < -0.39 is 0 Å². The van der Waals surface area contributed by atoms with Crippen LogP contribution in [-0.2, 0) is 6.54 Å². The summed E-state index contributed by atoms with van der Waals surface area (Å²) in [5.41, 5.74) is 1.20. The van der Waals surface area contributed by atoms with Gasteiger partial charge in [-0.25, -0.2) is 4.98 Å². The van der Waals surface area contributed by atoms with Crippen molar-refractivity contribution in [3.8, 4) is 17.4 Å². The molecule has 0 amide bonds. The number of likely N-dealkylation sites (tertiary alicyclic amines) is 1. The molecule has 0 radical (unpaired) electrons. The van der Waals surface area contributed by atoms with Crippen LogP contribution in [0.1, 0.15) is 36.0 Å². The molecule has 1 aliphatic rings. The molecule has 1 fully saturated rings. The van der Waals surface area contributed by atoms with Crippen LogP contribution in [0.4, 0.5) is 0 Å². The van der Waals surface area contributed by atoms with Gasteiger partial charge in [0.2, 0.25) is 5.88 Å². The van der Waals surface area contributed by atoms with E-state index in [1.807, 2.05) is 31.2 Å². The van der Waals surface area contributed by atoms with Crippen molar-refractivity contribution >= 4 is 21.6 Å². The topological polar surface area (TPSA) is 48.7 Å². The zero-order valence-corrected chi connectivity index (χ0v) is 17.0. The minimum Gasteiger partial charge on any atom is -0.494 e. The van der Waals surface area contributed by atoms with Crippen LogP contribution < -0.4 is 14.4 Å². The molecule has 27 heavy (non-hydrogen) atoms. The van der Waals surface area contributed by atoms with Gasteiger partial charge in [-0.2, -0.15) is 4.98 Å². The van der Waals surface area contributed by atoms with Crippen molar-refractivity contribution in [2.75, 3.05) is 19.7 Å². The monoisotopic (exact) mass is 384 g/mol. The van der Waals surface area contributed by atoms with Crippen LogP contribution in [0.5, 0.6) is 17.4 Å². The lowest BCUT2D eigenvalue weighted by atomic mass is 10.2. The van der Waals surface area contributed by atoms with Crippen LogP contribution in [0.2, 0.25) is 0 Å². The second kappa shape index (κ2) is 7.82. The fourth-order valence-corrected chi connectivity index (χ4v) is 4.60. The van der Waals surface area contributed by atoms with Crippen molar-refractivity contribution in [3.05, 3.63) is 40.5 Å². The molecule has 1 N–H and O–H groups in total. The third kappa shape index (κ3) is 3.92. The fourth-order valence-electron chi connectivity index (χ4n) is 3.57. The van der Waals surface area contributed by atoms with Gasteiger partial charge in [-0.15, -0.1) is 11.3 Å². The van der Waals surface area contributed by atoms with Crippen LogP contribution in [0.15, 0.2) is 24.3 Å². The molecule has 4 rings (SSSR count). The van der Waals surface area contributed by atoms with Crippen LogP contribution in [0.25, 0.3) is 10.2 Å². The summed E-state index contributed by atoms with van der Waals surface area (Å²) in [6.45, 7) is 10.2. The first kappa shape index (κ1) is 18.2. The Morgan fingerprint density at radius 1 is 1.04 bits per heavy atom. The Balaban J connectivity index is 1.68. The molecule has 0 bridgehead atoms. The lowest BCUT2D eigenvalue weighted by molar-refractivity contribution is -0.902. The van der Waals surface area contributed by atoms with Gasteiger partial charge >= 0.3 is 0 Å². The van der Waals surface area contributed by atoms with Gasteiger partial charge in [0.1, 0.15) is 22.9 Å². The molecule has 3 aromatic rings. The number of nitrogens with one attached hydrogen (secondary N) is 1. The van der Waals surface area contributed by atoms with Gasteiger partial charge in [0.15, 0.2) is 5.82 Å². The summed E-state index contributed by atoms with van der Waals surface area (Å²) < 4.78 is 11.7. The van der Waals surface area contributed by atoms with E-state index >= 15 is 0 Å². The van der Waals surface area contributed by atoms with Crippen molar-refractivity contribution in [2.45, 2.75) is 40.2 Å². The molecule has 2 aromatic heterocycles. The summed E-state index contributed by atoms with van der Waals surface area (Å²) in [7, 11) is 0. The number of benzene rings is 1. The maximum atomic E-state index is 6.21. The molecule has 0 spiro atoms. The number of fused-ring (bicyclic) bond motifs is 1. The second-order valence-corrected chi connectivity index (χ2v) is 8.25. The molecule has 0 aliphatic carbocycles. The van der Waals surface area contributed by atoms with Crippen LogP contribution in [-0.4, -0.2) is 29.7 Å². The standard InChI is InChI=1S/C21H25N3O2S/c1-4-25-16-7-9-17(10-8-16)26-20-19-14(2)15(3)27-21(19)23-18(22-20)13-24-11-5-6-12-24/h7-10H,4-6,11-13H2,1-3H3/p+1. The van der Waals surface area contributed by atoms with Gasteiger partial charge in [-0.3, -0.25) is 0 Å². The molecule has 1 aromatic carbocycles. The number of aromatic nitrogens is 2. The molecule has 0 unspecified atom stereocenters. The number of thiophene rings is 1. The number of quaternary nitrogens is 1. The molecule has 0 saturated carbocycles. The highest BCUT2D eigenvalue weighted by atomic mass is 32.1. The van der Waals surface area contributed by atoms with Crippen molar-refractivity contribution in [3.63, 3.8) is 0 Å². The zero-order valence-electron chi connectivity index (χ0n) is 16.2. The summed E-state index contributed by atoms with van der Waals surface area (Å²) in [5.74, 6) is 3.15. The van der Waals surface area contributed by atoms with Gasteiger partial charge < -0.3 is 14.4 Å². The van der Waals surface area contributed by atoms with E-state index in [1.54, 1.807) is 16.2 Å². The molecule has 3 heterocycles. The van der Waals surface area contributed by atoms with E-state index in [2.05, 4.69) is 13.8 Å². The van der Waals surface area contributed by atoms with Crippen LogP contribution in [0, 0.1) is 13.8 Å². The third-order valence-corrected chi connectivity index (χ3v) is 6.21. The maximum Gasteiger partial charge on any atom is 0.231 e. The molecular weight excluding hydrogens is 358 g/mol. The highest BCUT2D eigenvalue weighted by molar-refractivity contribution is 7.18. The quantitative estimate of drug-likeness (QED) is 0.704. The highest BCUT2D eigenvalue weighted by Crippen LogP contribution is 2.36. The predicted molar refractivity (Wildman–Crippen MR) is 108 cm³/mol. The highest BCUT2D eigenvalue weighted by Gasteiger charge is 2.21. The summed E-state index contributed by atoms with van der Waals surface area (Å²) in [6, 6.07) is 7.72. The molecule has 1 saturated heterocycles. The average molecular weight is 385 g/mol. The SMILES string of the molecule is CCOc1ccc(Oc2nc(C[NH+]3CCCC3)nc3sc(C)c(C)c23)cc1. The second-order valence-electron chi connectivity index (χ2n) is 7.05. The van der Waals surface area contributed by atoms with E-state index in [4.69, 9.17) is 19.4 Å². The summed E-state index contributed by atoms with van der Waals surface area (Å²) in [5, 5.41) is 1.03. The predicted octanol–water partition coefficient (Wildman–Crippen LogP) is 3.68. The first-order chi connectivity index (χ1) is 13.1. The van der Waals surface area contributed by atoms with Crippen molar-refractivity contribution in [1.29, 1.82) is 0 Å². The Bertz CT molecular complexity index is 931. The zero-order chi connectivity index (χ0) is 18.8. The van der Waals surface area contributed by atoms with E-state index in [0.717, 1.165) is 34.1 Å². The fraction of sp³-hybridized carbons (Fsp3) is 0.429. The van der Waals surface area contributed by atoms with Crippen molar-refractivity contribution < 1.29 is 14.4 Å². The van der Waals surface area contributed by atoms with E-state index in [-0.39, 0.29) is 0 Å². The van der Waals surface area contributed by atoms with Gasteiger partial charge in [0.25, 0.3) is 0 Å². The molecule has 142 valence electrons. The first-order valence-corrected chi connectivity index (χ1v) is 10.5. The van der Waals surface area contributed by atoms with Crippen LogP contribution >= 0.6 is 11.3 Å². The summed E-state index contributed by atoms with van der Waals surface area (Å²) in [6.07, 6.45) is 2.59. The minimum absolute atomic E-state index is 0.655. The number of hydrogen-bond acceptors (Lipinski definition) is 5. The van der Waals surface area contributed by atoms with Gasteiger partial charge in [0, 0.05) is 17.7 Å². The Kier molecular flexibility index (Phi) is 5.27. The van der Waals surface area contributed by atoms with Gasteiger partial charge in [-0.05, 0) is 50.6 Å². The van der Waals surface area contributed by atoms with Gasteiger partial charge in [-0.1, -0.05) is 0 Å². The van der Waals surface area contributed by atoms with Crippen LogP contribution in [0.3, 0.4) is 0 Å². The van der Waals surface area contributed by atoms with Crippen molar-refractivity contribution in [1.82, 2.24) is 9.97 Å². The van der Waals surface area contributed by atoms with E-state index in [0.29, 0.717) is 12.5 Å². The Morgan fingerprint density at radius 3 is 2.44 bits per heavy atom. The molecule has 5 nitrogen and oxygen atoms in total. The first-order valence-electron chi connectivity index (χ1n) is 9.65. The normalized spacial score (nSPS) is 14.8. The third-order valence-electron chi connectivity index (χ3n) is 5.11. The Morgan fingerprint density at radius 2 is 1.74 bits per heavy atom. The molecule has 6 heteroatoms. The number of rotatable bonds is 6. The Labute approximate surface area is 164 Å². The summed E-state index contributed by atoms with van der Waals surface area (Å²) in [4.78, 5) is 13.5. The lowest BCUT2D eigenvalue weighted by Gasteiger charge is -2.13. The van der Waals surface area contributed by atoms with Gasteiger partial charge in [0.05, 0.1) is 25.1 Å². The minimum atomic E-state index is 0.655. The lowest BCUT2D eigenvalue weighted by Crippen LogP contribution is -3.08. The Hall–Kier alpha value is -2.18. The van der Waals surface area contributed by atoms with E-state index in [9.17, 15) is 0 Å². The number of nitrogens with zero attached hydrogens (tertiary/aromatic N) is 2. The smallest absolute Gasteiger partial charge is 0.231 e. The largest absolute Gasteiger partial charge is 0.494 e. The number of ether oxygens (including phenoxy) is 2.